The number of carbonyl (C=O) groups excluding carboxylic acids is 1. The van der Waals surface area contributed by atoms with Crippen LogP contribution in [0.2, 0.25) is 0 Å². The van der Waals surface area contributed by atoms with E-state index < -0.39 is 0 Å². The molecule has 0 unspecified atom stereocenters. The maximum Gasteiger partial charge on any atom is 0.261 e. The minimum absolute atomic E-state index is 0.201. The van der Waals surface area contributed by atoms with Crippen molar-refractivity contribution in [1.82, 2.24) is 5.32 Å². The van der Waals surface area contributed by atoms with Gasteiger partial charge in [-0.05, 0) is 61.1 Å². The Hall–Kier alpha value is -2.16. The first kappa shape index (κ1) is 25.1. The van der Waals surface area contributed by atoms with Gasteiger partial charge in [0.25, 0.3) is 5.91 Å². The molecule has 1 amide bonds. The molecule has 0 aromatic heterocycles. The van der Waals surface area contributed by atoms with E-state index in [0.29, 0.717) is 31.1 Å². The predicted octanol–water partition coefficient (Wildman–Crippen LogP) is 5.56. The molecule has 8 heteroatoms. The van der Waals surface area contributed by atoms with Gasteiger partial charge in [-0.1, -0.05) is 42.1 Å². The number of hydrogen-bond donors (Lipinski definition) is 2. The van der Waals surface area contributed by atoms with Crippen LogP contribution in [0.15, 0.2) is 46.9 Å². The third kappa shape index (κ3) is 9.25. The van der Waals surface area contributed by atoms with Crippen molar-refractivity contribution < 1.29 is 19.0 Å². The number of ether oxygens (including phenoxy) is 3. The number of thiocarbonyl (C=S) groups is 1. The first-order valence-electron chi connectivity index (χ1n) is 10.3. The lowest BCUT2D eigenvalue weighted by molar-refractivity contribution is 0.0973. The number of unbranched alkanes of at least 4 members (excludes halogenated alkanes) is 3. The molecule has 0 saturated heterocycles. The van der Waals surface area contributed by atoms with E-state index in [1.54, 1.807) is 19.2 Å². The van der Waals surface area contributed by atoms with E-state index in [1.165, 1.54) is 12.8 Å². The maximum atomic E-state index is 12.8. The Labute approximate surface area is 197 Å². The normalized spacial score (nSPS) is 10.4. The fraction of sp³-hybridized carbons (Fsp3) is 0.391. The van der Waals surface area contributed by atoms with Crippen LogP contribution in [-0.2, 0) is 4.74 Å². The molecule has 0 saturated carbocycles. The summed E-state index contributed by atoms with van der Waals surface area (Å²) in [5.41, 5.74) is 1.17. The van der Waals surface area contributed by atoms with Gasteiger partial charge in [-0.25, -0.2) is 0 Å². The number of methoxy groups -OCH3 is 1. The highest BCUT2D eigenvalue weighted by Crippen LogP contribution is 2.24. The van der Waals surface area contributed by atoms with Gasteiger partial charge in [-0.2, -0.15) is 0 Å². The fourth-order valence-electron chi connectivity index (χ4n) is 2.73. The number of hydrogen-bond acceptors (Lipinski definition) is 5. The van der Waals surface area contributed by atoms with Crippen LogP contribution in [-0.4, -0.2) is 38.0 Å². The molecule has 0 atom stereocenters. The molecule has 2 N–H and O–H groups in total. The fourth-order valence-corrected chi connectivity index (χ4v) is 3.30. The first-order chi connectivity index (χ1) is 15.0. The Morgan fingerprint density at radius 3 is 2.48 bits per heavy atom. The molecule has 0 aliphatic heterocycles. The van der Waals surface area contributed by atoms with Crippen LogP contribution in [0.5, 0.6) is 11.5 Å². The van der Waals surface area contributed by atoms with Gasteiger partial charge in [0, 0.05) is 17.3 Å². The van der Waals surface area contributed by atoms with Crippen LogP contribution in [0, 0.1) is 0 Å². The molecule has 168 valence electrons. The number of halogens is 1. The van der Waals surface area contributed by atoms with Gasteiger partial charge in [0.05, 0.1) is 18.8 Å². The average Bonchev–Trinajstić information content (AvgIpc) is 2.75. The molecule has 0 heterocycles. The van der Waals surface area contributed by atoms with Crippen molar-refractivity contribution in [2.75, 3.05) is 32.2 Å². The molecule has 2 aromatic rings. The van der Waals surface area contributed by atoms with E-state index in [0.717, 1.165) is 28.8 Å². The Balaban J connectivity index is 1.91. The summed E-state index contributed by atoms with van der Waals surface area (Å²) in [6.45, 7) is 3.74. The summed E-state index contributed by atoms with van der Waals surface area (Å²) in [6.07, 6.45) is 4.41. The Kier molecular flexibility index (Phi) is 11.3. The van der Waals surface area contributed by atoms with Crippen molar-refractivity contribution in [2.24, 2.45) is 0 Å². The van der Waals surface area contributed by atoms with Crippen LogP contribution in [0.25, 0.3) is 0 Å². The van der Waals surface area contributed by atoms with Gasteiger partial charge < -0.3 is 19.5 Å². The molecule has 2 rings (SSSR count). The lowest BCUT2D eigenvalue weighted by atomic mass is 10.2. The molecule has 0 fully saturated rings. The Morgan fingerprint density at radius 1 is 1.00 bits per heavy atom. The lowest BCUT2D eigenvalue weighted by Crippen LogP contribution is -2.34. The maximum absolute atomic E-state index is 12.8. The van der Waals surface area contributed by atoms with Gasteiger partial charge in [0.1, 0.15) is 18.1 Å². The average molecular weight is 509 g/mol. The number of benzene rings is 2. The van der Waals surface area contributed by atoms with Crippen LogP contribution >= 0.6 is 28.1 Å². The summed E-state index contributed by atoms with van der Waals surface area (Å²) in [5.74, 6) is 0.937. The number of amides is 1. The zero-order chi connectivity index (χ0) is 22.5. The molecule has 0 radical (unpaired) electrons. The summed E-state index contributed by atoms with van der Waals surface area (Å²) in [7, 11) is 1.63. The van der Waals surface area contributed by atoms with E-state index >= 15 is 0 Å². The van der Waals surface area contributed by atoms with Crippen LogP contribution < -0.4 is 20.1 Å². The molecule has 6 nitrogen and oxygen atoms in total. The zero-order valence-corrected chi connectivity index (χ0v) is 20.3. The quantitative estimate of drug-likeness (QED) is 0.289. The number of nitrogens with one attached hydrogen (secondary N) is 2. The summed E-state index contributed by atoms with van der Waals surface area (Å²) < 4.78 is 17.1. The van der Waals surface area contributed by atoms with Gasteiger partial charge in [-0.15, -0.1) is 0 Å². The molecule has 0 bridgehead atoms. The van der Waals surface area contributed by atoms with Crippen molar-refractivity contribution in [2.45, 2.75) is 32.6 Å². The standard InChI is InChI=1S/C23H29BrN2O4S/c1-3-4-5-6-13-30-21-12-7-17(24)16-20(21)22(27)26-23(31)25-18-8-10-19(11-9-18)29-15-14-28-2/h7-12,16H,3-6,13-15H2,1-2H3,(H2,25,26,27,31). The molecule has 0 aliphatic carbocycles. The van der Waals surface area contributed by atoms with E-state index in [-0.39, 0.29) is 11.0 Å². The summed E-state index contributed by atoms with van der Waals surface area (Å²) >= 11 is 8.71. The van der Waals surface area contributed by atoms with Crippen LogP contribution in [0.1, 0.15) is 43.0 Å². The van der Waals surface area contributed by atoms with Crippen molar-refractivity contribution in [3.8, 4) is 11.5 Å². The van der Waals surface area contributed by atoms with Gasteiger partial charge in [-0.3, -0.25) is 10.1 Å². The van der Waals surface area contributed by atoms with Crippen molar-refractivity contribution >= 4 is 44.9 Å². The van der Waals surface area contributed by atoms with Gasteiger partial charge in [0.2, 0.25) is 0 Å². The van der Waals surface area contributed by atoms with E-state index in [2.05, 4.69) is 33.5 Å². The second-order valence-electron chi connectivity index (χ2n) is 6.82. The Morgan fingerprint density at radius 2 is 1.77 bits per heavy atom. The molecule has 0 spiro atoms. The molecule has 2 aromatic carbocycles. The topological polar surface area (TPSA) is 68.8 Å². The smallest absolute Gasteiger partial charge is 0.261 e. The zero-order valence-electron chi connectivity index (χ0n) is 17.9. The summed E-state index contributed by atoms with van der Waals surface area (Å²) in [5, 5.41) is 5.92. The monoisotopic (exact) mass is 508 g/mol. The summed E-state index contributed by atoms with van der Waals surface area (Å²) in [4.78, 5) is 12.8. The second-order valence-corrected chi connectivity index (χ2v) is 8.15. The largest absolute Gasteiger partial charge is 0.493 e. The molecular formula is C23H29BrN2O4S. The van der Waals surface area contributed by atoms with Crippen LogP contribution in [0.4, 0.5) is 5.69 Å². The number of carbonyl (C=O) groups is 1. The lowest BCUT2D eigenvalue weighted by Gasteiger charge is -2.14. The van der Waals surface area contributed by atoms with E-state index in [9.17, 15) is 4.79 Å². The third-order valence-corrected chi connectivity index (χ3v) is 5.03. The highest BCUT2D eigenvalue weighted by Gasteiger charge is 2.15. The van der Waals surface area contributed by atoms with Crippen LogP contribution in [0.3, 0.4) is 0 Å². The van der Waals surface area contributed by atoms with Gasteiger partial charge in [0.15, 0.2) is 5.11 Å². The van der Waals surface area contributed by atoms with Crippen molar-refractivity contribution in [3.05, 3.63) is 52.5 Å². The third-order valence-electron chi connectivity index (χ3n) is 4.34. The first-order valence-corrected chi connectivity index (χ1v) is 11.5. The Bertz CT molecular complexity index is 846. The molecule has 0 aliphatic rings. The van der Waals surface area contributed by atoms with E-state index in [4.69, 9.17) is 26.4 Å². The minimum Gasteiger partial charge on any atom is -0.493 e. The second kappa shape index (κ2) is 14.0. The molecule has 31 heavy (non-hydrogen) atoms. The summed E-state index contributed by atoms with van der Waals surface area (Å²) in [6, 6.07) is 12.7. The van der Waals surface area contributed by atoms with Gasteiger partial charge >= 0.3 is 0 Å². The number of rotatable bonds is 12. The number of anilines is 1. The SMILES string of the molecule is CCCCCCOc1ccc(Br)cc1C(=O)NC(=S)Nc1ccc(OCCOC)cc1. The highest BCUT2D eigenvalue weighted by atomic mass is 79.9. The minimum atomic E-state index is -0.332. The van der Waals surface area contributed by atoms with Crippen molar-refractivity contribution in [1.29, 1.82) is 0 Å². The molecular weight excluding hydrogens is 480 g/mol. The predicted molar refractivity (Wildman–Crippen MR) is 131 cm³/mol. The van der Waals surface area contributed by atoms with E-state index in [1.807, 2.05) is 30.3 Å². The highest BCUT2D eigenvalue weighted by molar-refractivity contribution is 9.10. The van der Waals surface area contributed by atoms with Crippen molar-refractivity contribution in [3.63, 3.8) is 0 Å².